The van der Waals surface area contributed by atoms with Crippen molar-refractivity contribution in [2.24, 2.45) is 0 Å². The fourth-order valence-corrected chi connectivity index (χ4v) is 2.24. The van der Waals surface area contributed by atoms with Gasteiger partial charge in [0, 0.05) is 12.3 Å². The first-order valence-electron chi connectivity index (χ1n) is 7.50. The van der Waals surface area contributed by atoms with Crippen LogP contribution >= 0.6 is 0 Å². The Labute approximate surface area is 142 Å². The number of hydrogen-bond donors (Lipinski definition) is 0. The summed E-state index contributed by atoms with van der Waals surface area (Å²) in [6, 6.07) is 14.8. The summed E-state index contributed by atoms with van der Waals surface area (Å²) in [7, 11) is 0. The van der Waals surface area contributed by atoms with Crippen LogP contribution in [0.4, 0.5) is 0 Å². The van der Waals surface area contributed by atoms with Gasteiger partial charge in [0.1, 0.15) is 23.5 Å². The molecule has 0 unspecified atom stereocenters. The maximum Gasteiger partial charge on any atom is 0.351 e. The van der Waals surface area contributed by atoms with E-state index < -0.39 is 17.6 Å². The first-order valence-corrected chi connectivity index (χ1v) is 7.50. The molecule has 0 amide bonds. The lowest BCUT2D eigenvalue weighted by Crippen LogP contribution is -2.18. The van der Waals surface area contributed by atoms with Gasteiger partial charge >= 0.3 is 17.6 Å². The normalized spacial score (nSPS) is 10.4. The Balaban J connectivity index is 1.92. The smallest absolute Gasteiger partial charge is 0.351 e. The van der Waals surface area contributed by atoms with Gasteiger partial charge in [-0.05, 0) is 35.9 Å². The van der Waals surface area contributed by atoms with E-state index in [0.29, 0.717) is 22.3 Å². The Kier molecular flexibility index (Phi) is 4.61. The van der Waals surface area contributed by atoms with Crippen molar-refractivity contribution >= 4 is 22.9 Å². The number of ether oxygens (including phenoxy) is 2. The van der Waals surface area contributed by atoms with Crippen molar-refractivity contribution in [3.05, 3.63) is 76.1 Å². The molecule has 0 bridgehead atoms. The fourth-order valence-electron chi connectivity index (χ4n) is 2.24. The quantitative estimate of drug-likeness (QED) is 0.413. The number of carbonyl (C=O) groups is 2. The van der Waals surface area contributed by atoms with E-state index in [1.807, 2.05) is 0 Å². The monoisotopic (exact) mass is 338 g/mol. The number of benzene rings is 2. The Hall–Kier alpha value is -3.41. The molecular weight excluding hydrogens is 324 g/mol. The number of hydrogen-bond acceptors (Lipinski definition) is 6. The number of fused-ring (bicyclic) bond motifs is 1. The minimum Gasteiger partial charge on any atom is -0.461 e. The highest BCUT2D eigenvalue weighted by Crippen LogP contribution is 2.18. The molecule has 0 aliphatic heterocycles. The van der Waals surface area contributed by atoms with Crippen LogP contribution in [0.2, 0.25) is 0 Å². The predicted octanol–water partition coefficient (Wildman–Crippen LogP) is 3.08. The summed E-state index contributed by atoms with van der Waals surface area (Å²) in [6.07, 6.45) is 0. The van der Waals surface area contributed by atoms with Crippen molar-refractivity contribution < 1.29 is 23.5 Å². The van der Waals surface area contributed by atoms with E-state index in [4.69, 9.17) is 13.9 Å². The van der Waals surface area contributed by atoms with Gasteiger partial charge in [-0.3, -0.25) is 4.79 Å². The van der Waals surface area contributed by atoms with E-state index in [-0.39, 0.29) is 12.2 Å². The molecule has 0 spiro atoms. The highest BCUT2D eigenvalue weighted by Gasteiger charge is 2.16. The summed E-state index contributed by atoms with van der Waals surface area (Å²) in [6.45, 7) is 1.41. The second-order valence-corrected chi connectivity index (χ2v) is 5.30. The number of rotatable bonds is 4. The van der Waals surface area contributed by atoms with Crippen LogP contribution in [0, 0.1) is 0 Å². The Morgan fingerprint density at radius 3 is 2.52 bits per heavy atom. The van der Waals surface area contributed by atoms with Gasteiger partial charge in [-0.15, -0.1) is 0 Å². The summed E-state index contributed by atoms with van der Waals surface area (Å²) < 4.78 is 15.3. The third-order valence-electron chi connectivity index (χ3n) is 3.41. The molecule has 0 N–H and O–H groups in total. The lowest BCUT2D eigenvalue weighted by Gasteiger charge is -2.06. The van der Waals surface area contributed by atoms with Crippen molar-refractivity contribution in [1.29, 1.82) is 0 Å². The first kappa shape index (κ1) is 16.4. The molecule has 1 heterocycles. The van der Waals surface area contributed by atoms with Gasteiger partial charge in [0.05, 0.1) is 0 Å². The molecule has 0 aliphatic rings. The Bertz CT molecular complexity index is 988. The van der Waals surface area contributed by atoms with Crippen molar-refractivity contribution in [2.45, 2.75) is 13.5 Å². The van der Waals surface area contributed by atoms with Gasteiger partial charge in [0.15, 0.2) is 0 Å². The molecule has 0 radical (unpaired) electrons. The van der Waals surface area contributed by atoms with Gasteiger partial charge < -0.3 is 13.9 Å². The third kappa shape index (κ3) is 3.92. The van der Waals surface area contributed by atoms with Gasteiger partial charge in [-0.25, -0.2) is 9.59 Å². The molecule has 0 saturated carbocycles. The summed E-state index contributed by atoms with van der Waals surface area (Å²) in [5, 5.41) is 0.532. The van der Waals surface area contributed by atoms with Crippen LogP contribution in [0.15, 0.2) is 63.8 Å². The maximum atomic E-state index is 12.2. The van der Waals surface area contributed by atoms with Crippen LogP contribution in [0.1, 0.15) is 22.8 Å². The van der Waals surface area contributed by atoms with E-state index in [2.05, 4.69) is 0 Å². The topological polar surface area (TPSA) is 82.8 Å². The molecule has 0 atom stereocenters. The minimum atomic E-state index is -0.799. The van der Waals surface area contributed by atoms with E-state index in [9.17, 15) is 14.4 Å². The minimum absolute atomic E-state index is 0.0915. The van der Waals surface area contributed by atoms with Crippen LogP contribution < -0.4 is 10.4 Å². The maximum absolute atomic E-state index is 12.2. The van der Waals surface area contributed by atoms with Crippen LogP contribution in [0.5, 0.6) is 5.75 Å². The lowest BCUT2D eigenvalue weighted by atomic mass is 10.1. The van der Waals surface area contributed by atoms with Gasteiger partial charge in [-0.2, -0.15) is 0 Å². The average molecular weight is 338 g/mol. The van der Waals surface area contributed by atoms with Crippen LogP contribution in [-0.2, 0) is 16.1 Å². The molecule has 0 fully saturated rings. The van der Waals surface area contributed by atoms with Crippen LogP contribution in [-0.4, -0.2) is 11.9 Å². The first-order chi connectivity index (χ1) is 12.0. The van der Waals surface area contributed by atoms with E-state index >= 15 is 0 Å². The molecule has 3 aromatic rings. The van der Waals surface area contributed by atoms with E-state index in [0.717, 1.165) is 0 Å². The summed E-state index contributed by atoms with van der Waals surface area (Å²) >= 11 is 0. The lowest BCUT2D eigenvalue weighted by molar-refractivity contribution is -0.142. The molecular formula is C19H14O6. The van der Waals surface area contributed by atoms with Crippen LogP contribution in [0.3, 0.4) is 0 Å². The standard InChI is InChI=1S/C19H14O6/c1-12(20)23-11-13-7-8-17-14(9-13)10-16(19(22)25-17)18(21)24-15-5-3-2-4-6-15/h2-10H,11H2,1H3. The Morgan fingerprint density at radius 1 is 1.04 bits per heavy atom. The number of esters is 2. The van der Waals surface area contributed by atoms with Gasteiger partial charge in [0.2, 0.25) is 0 Å². The average Bonchev–Trinajstić information content (AvgIpc) is 2.60. The summed E-state index contributed by atoms with van der Waals surface area (Å²) in [5.41, 5.74) is 0.0499. The van der Waals surface area contributed by atoms with Gasteiger partial charge in [0.25, 0.3) is 0 Å². The SMILES string of the molecule is CC(=O)OCc1ccc2oc(=O)c(C(=O)Oc3ccccc3)cc2c1. The molecule has 25 heavy (non-hydrogen) atoms. The number of para-hydroxylation sites is 1. The summed E-state index contributed by atoms with van der Waals surface area (Å²) in [5.74, 6) is -0.866. The second-order valence-electron chi connectivity index (χ2n) is 5.30. The van der Waals surface area contributed by atoms with Crippen molar-refractivity contribution in [3.63, 3.8) is 0 Å². The molecule has 6 nitrogen and oxygen atoms in total. The summed E-state index contributed by atoms with van der Waals surface area (Å²) in [4.78, 5) is 35.2. The zero-order chi connectivity index (χ0) is 17.8. The molecule has 1 aromatic heterocycles. The van der Waals surface area contributed by atoms with Crippen molar-refractivity contribution in [2.75, 3.05) is 0 Å². The van der Waals surface area contributed by atoms with E-state index in [1.54, 1.807) is 48.5 Å². The third-order valence-corrected chi connectivity index (χ3v) is 3.41. The number of carbonyl (C=O) groups excluding carboxylic acids is 2. The zero-order valence-corrected chi connectivity index (χ0v) is 13.4. The van der Waals surface area contributed by atoms with Gasteiger partial charge in [-0.1, -0.05) is 24.3 Å². The second kappa shape index (κ2) is 7.00. The molecule has 6 heteroatoms. The molecule has 126 valence electrons. The molecule has 0 saturated heterocycles. The Morgan fingerprint density at radius 2 is 1.80 bits per heavy atom. The molecule has 0 aliphatic carbocycles. The van der Waals surface area contributed by atoms with Crippen molar-refractivity contribution in [3.8, 4) is 5.75 Å². The van der Waals surface area contributed by atoms with Crippen molar-refractivity contribution in [1.82, 2.24) is 0 Å². The van der Waals surface area contributed by atoms with Crippen LogP contribution in [0.25, 0.3) is 11.0 Å². The van der Waals surface area contributed by atoms with E-state index in [1.165, 1.54) is 13.0 Å². The molecule has 3 rings (SSSR count). The highest BCUT2D eigenvalue weighted by atomic mass is 16.5. The highest BCUT2D eigenvalue weighted by molar-refractivity contribution is 5.94. The predicted molar refractivity (Wildman–Crippen MR) is 89.4 cm³/mol. The molecule has 2 aromatic carbocycles. The zero-order valence-electron chi connectivity index (χ0n) is 13.4. The fraction of sp³-hybridized carbons (Fsp3) is 0.105. The largest absolute Gasteiger partial charge is 0.461 e.